The molecule has 1 amide bonds. The van der Waals surface area contributed by atoms with Crippen molar-refractivity contribution in [3.8, 4) is 5.75 Å². The lowest BCUT2D eigenvalue weighted by molar-refractivity contribution is 0.0714. The first kappa shape index (κ1) is 21.0. The van der Waals surface area contributed by atoms with Crippen LogP contribution in [0.25, 0.3) is 10.9 Å². The number of carbonyl (C=O) groups excluding carboxylic acids is 1. The summed E-state index contributed by atoms with van der Waals surface area (Å²) in [7, 11) is 1.67. The molecule has 0 spiro atoms. The Morgan fingerprint density at radius 3 is 2.76 bits per heavy atom. The molecule has 1 fully saturated rings. The summed E-state index contributed by atoms with van der Waals surface area (Å²) in [5.74, 6) is 1.07. The number of aromatic nitrogens is 2. The standard InChI is InChI=1S/C26H25FN4O2/c1-33-18-8-9-23-20(15-18)21(16-29-23)17-10-13-31(14-11-17)26(32)19-5-4-12-28-25(19)30-24-7-3-2-6-22(24)27/h2-9,12,15-17,29H,10-11,13-14H2,1H3,(H,28,30). The van der Waals surface area contributed by atoms with E-state index in [1.54, 1.807) is 43.6 Å². The van der Waals surface area contributed by atoms with Crippen LogP contribution in [0.1, 0.15) is 34.7 Å². The molecule has 3 heterocycles. The molecule has 7 heteroatoms. The number of halogens is 1. The molecule has 33 heavy (non-hydrogen) atoms. The molecular weight excluding hydrogens is 419 g/mol. The molecule has 0 atom stereocenters. The third kappa shape index (κ3) is 4.14. The third-order valence-corrected chi connectivity index (χ3v) is 6.31. The van der Waals surface area contributed by atoms with Gasteiger partial charge in [-0.3, -0.25) is 4.79 Å². The van der Waals surface area contributed by atoms with Crippen LogP contribution in [0, 0.1) is 5.82 Å². The summed E-state index contributed by atoms with van der Waals surface area (Å²) in [6.07, 6.45) is 5.40. The average Bonchev–Trinajstić information content (AvgIpc) is 3.28. The van der Waals surface area contributed by atoms with Crippen molar-refractivity contribution in [3.05, 3.63) is 83.9 Å². The maximum absolute atomic E-state index is 14.1. The Hall–Kier alpha value is -3.87. The number of likely N-dealkylation sites (tertiary alicyclic amines) is 1. The Labute approximate surface area is 191 Å². The van der Waals surface area contributed by atoms with Crippen LogP contribution in [0.15, 0.2) is 67.0 Å². The van der Waals surface area contributed by atoms with E-state index in [-0.39, 0.29) is 5.91 Å². The van der Waals surface area contributed by atoms with Gasteiger partial charge in [0.25, 0.3) is 5.91 Å². The SMILES string of the molecule is COc1ccc2[nH]cc(C3CCN(C(=O)c4cccnc4Nc4ccccc4F)CC3)c2c1. The van der Waals surface area contributed by atoms with E-state index in [9.17, 15) is 9.18 Å². The molecule has 0 radical (unpaired) electrons. The van der Waals surface area contributed by atoms with Crippen molar-refractivity contribution in [2.24, 2.45) is 0 Å². The first-order valence-electron chi connectivity index (χ1n) is 11.0. The minimum absolute atomic E-state index is 0.0963. The van der Waals surface area contributed by atoms with Crippen LogP contribution in [-0.4, -0.2) is 41.0 Å². The summed E-state index contributed by atoms with van der Waals surface area (Å²) in [5, 5.41) is 4.14. The van der Waals surface area contributed by atoms with Gasteiger partial charge in [-0.25, -0.2) is 9.37 Å². The lowest BCUT2D eigenvalue weighted by atomic mass is 9.89. The molecule has 0 aliphatic carbocycles. The zero-order valence-electron chi connectivity index (χ0n) is 18.3. The van der Waals surface area contributed by atoms with Crippen molar-refractivity contribution < 1.29 is 13.9 Å². The van der Waals surface area contributed by atoms with Gasteiger partial charge in [0.15, 0.2) is 0 Å². The molecule has 6 nitrogen and oxygen atoms in total. The highest BCUT2D eigenvalue weighted by Gasteiger charge is 2.27. The van der Waals surface area contributed by atoms with Crippen molar-refractivity contribution in [2.75, 3.05) is 25.5 Å². The summed E-state index contributed by atoms with van der Waals surface area (Å²) in [4.78, 5) is 22.8. The molecule has 0 unspecified atom stereocenters. The average molecular weight is 445 g/mol. The van der Waals surface area contributed by atoms with Crippen LogP contribution in [-0.2, 0) is 0 Å². The number of fused-ring (bicyclic) bond motifs is 1. The third-order valence-electron chi connectivity index (χ3n) is 6.31. The van der Waals surface area contributed by atoms with Gasteiger partial charge in [-0.1, -0.05) is 12.1 Å². The summed E-state index contributed by atoms with van der Waals surface area (Å²) >= 11 is 0. The molecule has 2 aromatic carbocycles. The Morgan fingerprint density at radius 1 is 1.15 bits per heavy atom. The predicted molar refractivity (Wildman–Crippen MR) is 127 cm³/mol. The van der Waals surface area contributed by atoms with E-state index in [4.69, 9.17) is 4.74 Å². The normalized spacial score (nSPS) is 14.4. The zero-order valence-corrected chi connectivity index (χ0v) is 18.3. The van der Waals surface area contributed by atoms with Crippen LogP contribution in [0.5, 0.6) is 5.75 Å². The number of methoxy groups -OCH3 is 1. The van der Waals surface area contributed by atoms with E-state index >= 15 is 0 Å². The highest BCUT2D eigenvalue weighted by Crippen LogP contribution is 2.35. The molecule has 168 valence electrons. The second-order valence-corrected chi connectivity index (χ2v) is 8.23. The molecule has 2 N–H and O–H groups in total. The second kappa shape index (κ2) is 8.94. The van der Waals surface area contributed by atoms with E-state index in [1.165, 1.54) is 17.0 Å². The predicted octanol–water partition coefficient (Wildman–Crippen LogP) is 5.47. The number of anilines is 2. The lowest BCUT2D eigenvalue weighted by Gasteiger charge is -2.32. The zero-order chi connectivity index (χ0) is 22.8. The van der Waals surface area contributed by atoms with Crippen LogP contribution in [0.4, 0.5) is 15.9 Å². The fraction of sp³-hybridized carbons (Fsp3) is 0.231. The van der Waals surface area contributed by atoms with Crippen LogP contribution < -0.4 is 10.1 Å². The van der Waals surface area contributed by atoms with Crippen LogP contribution in [0.2, 0.25) is 0 Å². The first-order valence-corrected chi connectivity index (χ1v) is 11.0. The van der Waals surface area contributed by atoms with Gasteiger partial charge in [0.05, 0.1) is 18.4 Å². The number of pyridine rings is 1. The van der Waals surface area contributed by atoms with Gasteiger partial charge in [0.2, 0.25) is 0 Å². The Kier molecular flexibility index (Phi) is 5.69. The second-order valence-electron chi connectivity index (χ2n) is 8.23. The van der Waals surface area contributed by atoms with Gasteiger partial charge < -0.3 is 19.9 Å². The van der Waals surface area contributed by atoms with Crippen molar-refractivity contribution in [3.63, 3.8) is 0 Å². The number of aromatic amines is 1. The highest BCUT2D eigenvalue weighted by atomic mass is 19.1. The lowest BCUT2D eigenvalue weighted by Crippen LogP contribution is -2.38. The molecule has 1 aliphatic heterocycles. The summed E-state index contributed by atoms with van der Waals surface area (Å²) in [6, 6.07) is 15.9. The Balaban J connectivity index is 1.31. The minimum Gasteiger partial charge on any atom is -0.497 e. The molecule has 0 saturated carbocycles. The maximum atomic E-state index is 14.1. The number of amides is 1. The van der Waals surface area contributed by atoms with Crippen molar-refractivity contribution in [1.82, 2.24) is 14.9 Å². The van der Waals surface area contributed by atoms with Gasteiger partial charge in [-0.15, -0.1) is 0 Å². The molecule has 4 aromatic rings. The van der Waals surface area contributed by atoms with Crippen molar-refractivity contribution in [1.29, 1.82) is 0 Å². The largest absolute Gasteiger partial charge is 0.497 e. The van der Waals surface area contributed by atoms with Crippen LogP contribution >= 0.6 is 0 Å². The quantitative estimate of drug-likeness (QED) is 0.428. The molecule has 1 aliphatic rings. The summed E-state index contributed by atoms with van der Waals surface area (Å²) < 4.78 is 19.5. The Morgan fingerprint density at radius 2 is 1.97 bits per heavy atom. The molecular formula is C26H25FN4O2. The van der Waals surface area contributed by atoms with Crippen molar-refractivity contribution in [2.45, 2.75) is 18.8 Å². The number of piperidine rings is 1. The molecule has 2 aromatic heterocycles. The van der Waals surface area contributed by atoms with Gasteiger partial charge in [-0.05, 0) is 66.8 Å². The van der Waals surface area contributed by atoms with Crippen LogP contribution in [0.3, 0.4) is 0 Å². The number of benzene rings is 2. The number of para-hydroxylation sites is 1. The topological polar surface area (TPSA) is 70.2 Å². The maximum Gasteiger partial charge on any atom is 0.257 e. The minimum atomic E-state index is -0.391. The number of ether oxygens (including phenoxy) is 1. The van der Waals surface area contributed by atoms with E-state index < -0.39 is 5.82 Å². The first-order chi connectivity index (χ1) is 16.1. The molecule has 0 bridgehead atoms. The van der Waals surface area contributed by atoms with E-state index in [0.717, 1.165) is 24.1 Å². The monoisotopic (exact) mass is 444 g/mol. The fourth-order valence-electron chi connectivity index (χ4n) is 4.52. The van der Waals surface area contributed by atoms with Gasteiger partial charge in [0.1, 0.15) is 17.4 Å². The fourth-order valence-corrected chi connectivity index (χ4v) is 4.52. The number of hydrogen-bond donors (Lipinski definition) is 2. The number of hydrogen-bond acceptors (Lipinski definition) is 4. The Bertz CT molecular complexity index is 1290. The van der Waals surface area contributed by atoms with Gasteiger partial charge in [-0.2, -0.15) is 0 Å². The van der Waals surface area contributed by atoms with Crippen molar-refractivity contribution >= 4 is 28.3 Å². The smallest absolute Gasteiger partial charge is 0.257 e. The van der Waals surface area contributed by atoms with E-state index in [1.807, 2.05) is 17.0 Å². The molecule has 1 saturated heterocycles. The summed E-state index contributed by atoms with van der Waals surface area (Å²) in [6.45, 7) is 1.29. The summed E-state index contributed by atoms with van der Waals surface area (Å²) in [5.41, 5.74) is 3.08. The molecule has 5 rings (SSSR count). The van der Waals surface area contributed by atoms with E-state index in [2.05, 4.69) is 27.5 Å². The van der Waals surface area contributed by atoms with Gasteiger partial charge >= 0.3 is 0 Å². The number of rotatable bonds is 5. The van der Waals surface area contributed by atoms with Gasteiger partial charge in [0, 0.05) is 36.4 Å². The number of nitrogens with zero attached hydrogens (tertiary/aromatic N) is 2. The van der Waals surface area contributed by atoms with E-state index in [0.29, 0.717) is 36.1 Å². The number of nitrogens with one attached hydrogen (secondary N) is 2. The highest BCUT2D eigenvalue weighted by molar-refractivity contribution is 5.99. The number of carbonyl (C=O) groups is 1. The number of H-pyrrole nitrogens is 1.